The van der Waals surface area contributed by atoms with Gasteiger partial charge in [-0.3, -0.25) is 0 Å². The van der Waals surface area contributed by atoms with Crippen molar-refractivity contribution < 1.29 is 18.9 Å². The molecule has 0 bridgehead atoms. The number of fused-ring (bicyclic) bond motifs is 1. The molecule has 0 aliphatic heterocycles. The summed E-state index contributed by atoms with van der Waals surface area (Å²) in [5, 5.41) is 0.927. The van der Waals surface area contributed by atoms with Crippen LogP contribution >= 0.6 is 0 Å². The fourth-order valence-corrected chi connectivity index (χ4v) is 3.33. The Morgan fingerprint density at radius 2 is 1.61 bits per heavy atom. The summed E-state index contributed by atoms with van der Waals surface area (Å²) in [6, 6.07) is 19.1. The predicted molar refractivity (Wildman–Crippen MR) is 121 cm³/mol. The topological polar surface area (TPSA) is 62.7 Å². The van der Waals surface area contributed by atoms with E-state index in [0.717, 1.165) is 33.6 Å². The molecule has 158 valence electrons. The number of hydrogen-bond donors (Lipinski definition) is 0. The summed E-state index contributed by atoms with van der Waals surface area (Å²) >= 11 is 0. The number of methoxy groups -OCH3 is 2. The zero-order chi connectivity index (χ0) is 21.8. The van der Waals surface area contributed by atoms with Gasteiger partial charge < -0.3 is 18.9 Å². The third kappa shape index (κ3) is 4.38. The molecule has 0 aliphatic carbocycles. The van der Waals surface area contributed by atoms with Gasteiger partial charge >= 0.3 is 0 Å². The number of benzene rings is 2. The van der Waals surface area contributed by atoms with Gasteiger partial charge in [0.1, 0.15) is 11.4 Å². The molecule has 0 spiro atoms. The number of hydrogen-bond acceptors (Lipinski definition) is 6. The smallest absolute Gasteiger partial charge is 0.219 e. The lowest BCUT2D eigenvalue weighted by Crippen LogP contribution is -1.97. The Balaban J connectivity index is 1.73. The van der Waals surface area contributed by atoms with Crippen molar-refractivity contribution in [2.75, 3.05) is 20.8 Å². The standard InChI is InChI=1S/C25H24N2O4/c1-5-30-19-8-6-7-18(13-19)25-21(11-9-16(2)26-25)31-24-12-10-17-14-22(28-3)23(29-4)15-20(17)27-24/h6-15H,5H2,1-4H3. The first-order valence-corrected chi connectivity index (χ1v) is 10.0. The highest BCUT2D eigenvalue weighted by atomic mass is 16.5. The van der Waals surface area contributed by atoms with Gasteiger partial charge in [-0.2, -0.15) is 0 Å². The lowest BCUT2D eigenvalue weighted by atomic mass is 10.1. The van der Waals surface area contributed by atoms with Gasteiger partial charge in [-0.15, -0.1) is 0 Å². The molecule has 6 nitrogen and oxygen atoms in total. The lowest BCUT2D eigenvalue weighted by molar-refractivity contribution is 0.340. The van der Waals surface area contributed by atoms with Gasteiger partial charge in [-0.1, -0.05) is 12.1 Å². The molecule has 6 heteroatoms. The summed E-state index contributed by atoms with van der Waals surface area (Å²) in [5.41, 5.74) is 3.29. The summed E-state index contributed by atoms with van der Waals surface area (Å²) in [5.74, 6) is 3.15. The summed E-state index contributed by atoms with van der Waals surface area (Å²) in [7, 11) is 3.21. The molecule has 31 heavy (non-hydrogen) atoms. The minimum atomic E-state index is 0.465. The predicted octanol–water partition coefficient (Wildman–Crippen LogP) is 5.81. The summed E-state index contributed by atoms with van der Waals surface area (Å²) in [6.07, 6.45) is 0. The highest BCUT2D eigenvalue weighted by molar-refractivity contribution is 5.83. The van der Waals surface area contributed by atoms with Gasteiger partial charge in [0.15, 0.2) is 17.2 Å². The maximum absolute atomic E-state index is 6.17. The molecule has 4 aromatic rings. The van der Waals surface area contributed by atoms with Crippen LogP contribution in [0.2, 0.25) is 0 Å². The van der Waals surface area contributed by atoms with Crippen molar-refractivity contribution in [1.82, 2.24) is 9.97 Å². The van der Waals surface area contributed by atoms with Crippen LogP contribution in [0.4, 0.5) is 0 Å². The van der Waals surface area contributed by atoms with Gasteiger partial charge in [0.25, 0.3) is 0 Å². The average Bonchev–Trinajstić information content (AvgIpc) is 2.79. The number of aryl methyl sites for hydroxylation is 1. The number of pyridine rings is 2. The first kappa shape index (κ1) is 20.5. The minimum Gasteiger partial charge on any atom is -0.494 e. The monoisotopic (exact) mass is 416 g/mol. The van der Waals surface area contributed by atoms with Crippen molar-refractivity contribution in [2.24, 2.45) is 0 Å². The van der Waals surface area contributed by atoms with Crippen LogP contribution in [0.1, 0.15) is 12.6 Å². The molecule has 0 unspecified atom stereocenters. The summed E-state index contributed by atoms with van der Waals surface area (Å²) in [4.78, 5) is 9.36. The van der Waals surface area contributed by atoms with Crippen molar-refractivity contribution >= 4 is 10.9 Å². The van der Waals surface area contributed by atoms with Crippen LogP contribution in [0.15, 0.2) is 60.7 Å². The number of nitrogens with zero attached hydrogens (tertiary/aromatic N) is 2. The second kappa shape index (κ2) is 8.92. The Labute approximate surface area is 181 Å². The van der Waals surface area contributed by atoms with E-state index in [1.54, 1.807) is 14.2 Å². The fourth-order valence-electron chi connectivity index (χ4n) is 3.33. The molecular weight excluding hydrogens is 392 g/mol. The zero-order valence-corrected chi connectivity index (χ0v) is 18.0. The van der Waals surface area contributed by atoms with Crippen LogP contribution in [0, 0.1) is 6.92 Å². The van der Waals surface area contributed by atoms with E-state index >= 15 is 0 Å². The van der Waals surface area contributed by atoms with Crippen LogP contribution < -0.4 is 18.9 Å². The van der Waals surface area contributed by atoms with Gasteiger partial charge in [0, 0.05) is 28.8 Å². The van der Waals surface area contributed by atoms with E-state index in [0.29, 0.717) is 29.7 Å². The summed E-state index contributed by atoms with van der Waals surface area (Å²) < 4.78 is 22.6. The molecule has 0 aliphatic rings. The minimum absolute atomic E-state index is 0.465. The molecule has 0 radical (unpaired) electrons. The first-order valence-electron chi connectivity index (χ1n) is 10.0. The molecule has 2 aromatic carbocycles. The number of aromatic nitrogens is 2. The largest absolute Gasteiger partial charge is 0.494 e. The zero-order valence-electron chi connectivity index (χ0n) is 18.0. The highest BCUT2D eigenvalue weighted by Gasteiger charge is 2.13. The van der Waals surface area contributed by atoms with Gasteiger partial charge in [-0.05, 0) is 50.2 Å². The van der Waals surface area contributed by atoms with Crippen molar-refractivity contribution in [2.45, 2.75) is 13.8 Å². The molecule has 0 N–H and O–H groups in total. The van der Waals surface area contributed by atoms with Crippen LogP contribution in [0.5, 0.6) is 28.9 Å². The maximum Gasteiger partial charge on any atom is 0.219 e. The van der Waals surface area contributed by atoms with Gasteiger partial charge in [0.05, 0.1) is 26.3 Å². The molecule has 2 aromatic heterocycles. The Kier molecular flexibility index (Phi) is 5.89. The van der Waals surface area contributed by atoms with Crippen molar-refractivity contribution in [1.29, 1.82) is 0 Å². The van der Waals surface area contributed by atoms with E-state index in [4.69, 9.17) is 23.9 Å². The van der Waals surface area contributed by atoms with E-state index in [1.807, 2.05) is 74.5 Å². The molecule has 0 atom stereocenters. The fraction of sp³-hybridized carbons (Fsp3) is 0.200. The normalized spacial score (nSPS) is 10.7. The Hall–Kier alpha value is -3.80. The van der Waals surface area contributed by atoms with Crippen LogP contribution in [0.3, 0.4) is 0 Å². The van der Waals surface area contributed by atoms with E-state index in [9.17, 15) is 0 Å². The Morgan fingerprint density at radius 3 is 2.39 bits per heavy atom. The quantitative estimate of drug-likeness (QED) is 0.379. The second-order valence-electron chi connectivity index (χ2n) is 6.91. The molecule has 0 amide bonds. The maximum atomic E-state index is 6.17. The Bertz CT molecular complexity index is 1220. The van der Waals surface area contributed by atoms with Crippen molar-refractivity contribution in [3.05, 3.63) is 66.4 Å². The Morgan fingerprint density at radius 1 is 0.806 bits per heavy atom. The van der Waals surface area contributed by atoms with E-state index in [1.165, 1.54) is 0 Å². The van der Waals surface area contributed by atoms with E-state index < -0.39 is 0 Å². The van der Waals surface area contributed by atoms with Crippen LogP contribution in [0.25, 0.3) is 22.2 Å². The average molecular weight is 416 g/mol. The van der Waals surface area contributed by atoms with Crippen molar-refractivity contribution in [3.63, 3.8) is 0 Å². The molecule has 4 rings (SSSR count). The molecule has 2 heterocycles. The first-order chi connectivity index (χ1) is 15.1. The molecule has 0 saturated carbocycles. The molecular formula is C25H24N2O4. The number of ether oxygens (including phenoxy) is 4. The number of rotatable bonds is 7. The van der Waals surface area contributed by atoms with Gasteiger partial charge in [0.2, 0.25) is 5.88 Å². The SMILES string of the molecule is CCOc1cccc(-c2nc(C)ccc2Oc2ccc3cc(OC)c(OC)cc3n2)c1. The lowest BCUT2D eigenvalue weighted by Gasteiger charge is -2.13. The second-order valence-corrected chi connectivity index (χ2v) is 6.91. The molecule has 0 saturated heterocycles. The highest BCUT2D eigenvalue weighted by Crippen LogP contribution is 2.35. The van der Waals surface area contributed by atoms with Crippen LogP contribution in [-0.4, -0.2) is 30.8 Å². The van der Waals surface area contributed by atoms with Crippen molar-refractivity contribution in [3.8, 4) is 40.1 Å². The van der Waals surface area contributed by atoms with E-state index in [-0.39, 0.29) is 0 Å². The van der Waals surface area contributed by atoms with Crippen LogP contribution in [-0.2, 0) is 0 Å². The molecule has 0 fully saturated rings. The third-order valence-corrected chi connectivity index (χ3v) is 4.80. The third-order valence-electron chi connectivity index (χ3n) is 4.80. The van der Waals surface area contributed by atoms with Gasteiger partial charge in [-0.25, -0.2) is 9.97 Å². The van der Waals surface area contributed by atoms with E-state index in [2.05, 4.69) is 4.98 Å². The summed E-state index contributed by atoms with van der Waals surface area (Å²) in [6.45, 7) is 4.51.